The van der Waals surface area contributed by atoms with Crippen LogP contribution in [0.15, 0.2) is 18.2 Å². The van der Waals surface area contributed by atoms with Crippen molar-refractivity contribution in [2.24, 2.45) is 5.73 Å². The molecule has 20 heavy (non-hydrogen) atoms. The summed E-state index contributed by atoms with van der Waals surface area (Å²) < 4.78 is 13.9. The second-order valence-electron chi connectivity index (χ2n) is 6.17. The molecule has 2 N–H and O–H groups in total. The van der Waals surface area contributed by atoms with Crippen LogP contribution in [0.1, 0.15) is 26.3 Å². The first-order valence-corrected chi connectivity index (χ1v) is 7.29. The highest BCUT2D eigenvalue weighted by Crippen LogP contribution is 2.22. The maximum absolute atomic E-state index is 13.9. The summed E-state index contributed by atoms with van der Waals surface area (Å²) in [5, 5.41) is 0. The van der Waals surface area contributed by atoms with Gasteiger partial charge in [0.1, 0.15) is 10.8 Å². The quantitative estimate of drug-likeness (QED) is 0.849. The average molecular weight is 295 g/mol. The Bertz CT molecular complexity index is 502. The number of anilines is 1. The van der Waals surface area contributed by atoms with Crippen molar-refractivity contribution in [1.82, 2.24) is 4.90 Å². The summed E-state index contributed by atoms with van der Waals surface area (Å²) in [6.07, 6.45) is 0. The topological polar surface area (TPSA) is 32.5 Å². The van der Waals surface area contributed by atoms with E-state index < -0.39 is 0 Å². The number of rotatable bonds is 2. The van der Waals surface area contributed by atoms with Gasteiger partial charge in [-0.15, -0.1) is 0 Å². The second kappa shape index (κ2) is 5.66. The predicted octanol–water partition coefficient (Wildman–Crippen LogP) is 2.38. The Morgan fingerprint density at radius 3 is 2.25 bits per heavy atom. The third-order valence-corrected chi connectivity index (χ3v) is 4.03. The molecule has 110 valence electrons. The van der Waals surface area contributed by atoms with Crippen molar-refractivity contribution in [3.05, 3.63) is 29.6 Å². The lowest BCUT2D eigenvalue weighted by atomic mass is 10.0. The molecule has 1 saturated heterocycles. The van der Waals surface area contributed by atoms with Crippen LogP contribution in [-0.4, -0.2) is 41.6 Å². The first-order chi connectivity index (χ1) is 9.29. The molecule has 1 fully saturated rings. The van der Waals surface area contributed by atoms with Gasteiger partial charge in [-0.1, -0.05) is 12.2 Å². The van der Waals surface area contributed by atoms with Crippen LogP contribution in [0, 0.1) is 5.82 Å². The molecule has 0 saturated carbocycles. The Morgan fingerprint density at radius 2 is 1.80 bits per heavy atom. The predicted molar refractivity (Wildman–Crippen MR) is 85.8 cm³/mol. The molecule has 0 radical (unpaired) electrons. The Labute approximate surface area is 125 Å². The van der Waals surface area contributed by atoms with Crippen LogP contribution in [0.25, 0.3) is 0 Å². The lowest BCUT2D eigenvalue weighted by molar-refractivity contribution is 0.128. The third-order valence-electron chi connectivity index (χ3n) is 3.81. The number of halogens is 1. The molecule has 0 amide bonds. The first-order valence-electron chi connectivity index (χ1n) is 6.88. The highest BCUT2D eigenvalue weighted by atomic mass is 32.1. The van der Waals surface area contributed by atoms with E-state index in [9.17, 15) is 4.39 Å². The van der Waals surface area contributed by atoms with Crippen LogP contribution in [0.5, 0.6) is 0 Å². The van der Waals surface area contributed by atoms with Gasteiger partial charge < -0.3 is 10.6 Å². The number of hydrogen-bond acceptors (Lipinski definition) is 3. The van der Waals surface area contributed by atoms with Crippen molar-refractivity contribution in [2.75, 3.05) is 31.1 Å². The Balaban J connectivity index is 2.08. The molecule has 1 aliphatic rings. The number of nitrogens with two attached hydrogens (primary N) is 1. The maximum Gasteiger partial charge on any atom is 0.135 e. The van der Waals surface area contributed by atoms with Crippen LogP contribution in [0.3, 0.4) is 0 Å². The van der Waals surface area contributed by atoms with E-state index in [1.165, 1.54) is 6.07 Å². The van der Waals surface area contributed by atoms with E-state index in [1.54, 1.807) is 6.07 Å². The molecule has 0 bridgehead atoms. The van der Waals surface area contributed by atoms with Gasteiger partial charge in [-0.3, -0.25) is 4.90 Å². The van der Waals surface area contributed by atoms with E-state index in [1.807, 2.05) is 6.07 Å². The van der Waals surface area contributed by atoms with E-state index in [0.717, 1.165) is 31.9 Å². The summed E-state index contributed by atoms with van der Waals surface area (Å²) in [6, 6.07) is 5.09. The SMILES string of the molecule is CC(C)(C)N1CCN(c2ccc(C(N)=S)c(F)c2)CC1. The van der Waals surface area contributed by atoms with Crippen LogP contribution in [0.2, 0.25) is 0 Å². The fourth-order valence-electron chi connectivity index (χ4n) is 2.54. The lowest BCUT2D eigenvalue weighted by Crippen LogP contribution is -2.53. The fourth-order valence-corrected chi connectivity index (χ4v) is 2.70. The van der Waals surface area contributed by atoms with Gasteiger partial charge in [0.2, 0.25) is 0 Å². The zero-order valence-corrected chi connectivity index (χ0v) is 13.1. The van der Waals surface area contributed by atoms with Crippen LogP contribution in [0.4, 0.5) is 10.1 Å². The summed E-state index contributed by atoms with van der Waals surface area (Å²) >= 11 is 4.82. The molecule has 0 aliphatic carbocycles. The highest BCUT2D eigenvalue weighted by molar-refractivity contribution is 7.80. The maximum atomic E-state index is 13.9. The molecule has 0 spiro atoms. The van der Waals surface area contributed by atoms with Gasteiger partial charge in [-0.2, -0.15) is 0 Å². The number of thiocarbonyl (C=S) groups is 1. The average Bonchev–Trinajstić information content (AvgIpc) is 2.37. The van der Waals surface area contributed by atoms with Crippen molar-refractivity contribution < 1.29 is 4.39 Å². The number of piperazine rings is 1. The summed E-state index contributed by atoms with van der Waals surface area (Å²) in [7, 11) is 0. The zero-order valence-electron chi connectivity index (χ0n) is 12.3. The van der Waals surface area contributed by atoms with E-state index in [4.69, 9.17) is 18.0 Å². The molecule has 2 rings (SSSR count). The molecular formula is C15H22FN3S. The molecule has 5 heteroatoms. The van der Waals surface area contributed by atoms with Crippen molar-refractivity contribution in [1.29, 1.82) is 0 Å². The van der Waals surface area contributed by atoms with Crippen molar-refractivity contribution in [2.45, 2.75) is 26.3 Å². The fraction of sp³-hybridized carbons (Fsp3) is 0.533. The van der Waals surface area contributed by atoms with Gasteiger partial charge in [-0.05, 0) is 39.0 Å². The standard InChI is InChI=1S/C15H22FN3S/c1-15(2,3)19-8-6-18(7-9-19)11-4-5-12(14(17)20)13(16)10-11/h4-5,10H,6-9H2,1-3H3,(H2,17,20). The van der Waals surface area contributed by atoms with Crippen LogP contribution >= 0.6 is 12.2 Å². The lowest BCUT2D eigenvalue weighted by Gasteiger charge is -2.43. The smallest absolute Gasteiger partial charge is 0.135 e. The summed E-state index contributed by atoms with van der Waals surface area (Å²) in [4.78, 5) is 4.75. The summed E-state index contributed by atoms with van der Waals surface area (Å²) in [6.45, 7) is 10.5. The molecule has 1 aliphatic heterocycles. The Morgan fingerprint density at radius 1 is 1.20 bits per heavy atom. The minimum atomic E-state index is -0.340. The number of hydrogen-bond donors (Lipinski definition) is 1. The molecule has 1 aromatic rings. The third kappa shape index (κ3) is 3.27. The van der Waals surface area contributed by atoms with Gasteiger partial charge in [0.05, 0.1) is 0 Å². The highest BCUT2D eigenvalue weighted by Gasteiger charge is 2.26. The van der Waals surface area contributed by atoms with Gasteiger partial charge in [0, 0.05) is 43.0 Å². The number of benzene rings is 1. The molecule has 0 atom stereocenters. The minimum Gasteiger partial charge on any atom is -0.389 e. The first kappa shape index (κ1) is 15.2. The zero-order chi connectivity index (χ0) is 14.9. The van der Waals surface area contributed by atoms with Crippen LogP contribution in [-0.2, 0) is 0 Å². The Hall–Kier alpha value is -1.20. The molecular weight excluding hydrogens is 273 g/mol. The summed E-state index contributed by atoms with van der Waals surface area (Å²) in [5.41, 5.74) is 6.88. The van der Waals surface area contributed by atoms with Gasteiger partial charge >= 0.3 is 0 Å². The van der Waals surface area contributed by atoms with Crippen molar-refractivity contribution in [3.8, 4) is 0 Å². The normalized spacial score (nSPS) is 17.3. The molecule has 0 unspecified atom stereocenters. The van der Waals surface area contributed by atoms with Crippen molar-refractivity contribution >= 4 is 22.9 Å². The number of nitrogens with zero attached hydrogens (tertiary/aromatic N) is 2. The van der Waals surface area contributed by atoms with E-state index in [0.29, 0.717) is 5.56 Å². The van der Waals surface area contributed by atoms with E-state index in [-0.39, 0.29) is 16.3 Å². The van der Waals surface area contributed by atoms with E-state index >= 15 is 0 Å². The molecule has 1 aromatic carbocycles. The molecule has 3 nitrogen and oxygen atoms in total. The van der Waals surface area contributed by atoms with E-state index in [2.05, 4.69) is 30.6 Å². The molecule has 1 heterocycles. The largest absolute Gasteiger partial charge is 0.389 e. The van der Waals surface area contributed by atoms with Gasteiger partial charge in [-0.25, -0.2) is 4.39 Å². The van der Waals surface area contributed by atoms with Crippen molar-refractivity contribution in [3.63, 3.8) is 0 Å². The van der Waals surface area contributed by atoms with Gasteiger partial charge in [0.25, 0.3) is 0 Å². The minimum absolute atomic E-state index is 0.103. The summed E-state index contributed by atoms with van der Waals surface area (Å²) in [5.74, 6) is -0.340. The monoisotopic (exact) mass is 295 g/mol. The van der Waals surface area contributed by atoms with Gasteiger partial charge in [0.15, 0.2) is 0 Å². The molecule has 0 aromatic heterocycles. The Kier molecular flexibility index (Phi) is 4.30. The second-order valence-corrected chi connectivity index (χ2v) is 6.61. The van der Waals surface area contributed by atoms with Crippen LogP contribution < -0.4 is 10.6 Å².